The number of rotatable bonds is 4. The second kappa shape index (κ2) is 6.58. The lowest BCUT2D eigenvalue weighted by Crippen LogP contribution is -2.36. The van der Waals surface area contributed by atoms with Crippen molar-refractivity contribution in [2.24, 2.45) is 0 Å². The molecular formula is C15H22N4OS. The molecule has 0 atom stereocenters. The summed E-state index contributed by atoms with van der Waals surface area (Å²) in [6.07, 6.45) is 1.35. The van der Waals surface area contributed by atoms with Gasteiger partial charge in [0.1, 0.15) is 0 Å². The highest BCUT2D eigenvalue weighted by Crippen LogP contribution is 2.30. The van der Waals surface area contributed by atoms with Gasteiger partial charge in [-0.15, -0.1) is 0 Å². The van der Waals surface area contributed by atoms with E-state index >= 15 is 0 Å². The van der Waals surface area contributed by atoms with Crippen molar-refractivity contribution < 1.29 is 4.79 Å². The van der Waals surface area contributed by atoms with Crippen molar-refractivity contribution >= 4 is 34.7 Å². The minimum absolute atomic E-state index is 0.0746. The second-order valence-corrected chi connectivity index (χ2v) is 6.75. The van der Waals surface area contributed by atoms with E-state index in [-0.39, 0.29) is 5.91 Å². The third-order valence-corrected chi connectivity index (χ3v) is 4.96. The SMILES string of the molecule is Nc1cc2c(cc1NCCN1CCSCC1)CCC(=O)N2. The summed E-state index contributed by atoms with van der Waals surface area (Å²) in [6, 6.07) is 3.95. The lowest BCUT2D eigenvalue weighted by atomic mass is 10.0. The molecule has 114 valence electrons. The number of anilines is 3. The number of carbonyl (C=O) groups is 1. The summed E-state index contributed by atoms with van der Waals surface area (Å²) in [5.41, 5.74) is 9.79. The Kier molecular flexibility index (Phi) is 4.55. The number of nitrogens with zero attached hydrogens (tertiary/aromatic N) is 1. The molecule has 0 radical (unpaired) electrons. The van der Waals surface area contributed by atoms with Crippen LogP contribution in [0.2, 0.25) is 0 Å². The van der Waals surface area contributed by atoms with Crippen molar-refractivity contribution in [3.8, 4) is 0 Å². The zero-order valence-electron chi connectivity index (χ0n) is 12.2. The standard InChI is InChI=1S/C15H22N4OS/c16-12-10-13-11(1-2-15(20)18-13)9-14(12)17-3-4-19-5-7-21-8-6-19/h9-10,17H,1-8,16H2,(H,18,20). The third-order valence-electron chi connectivity index (χ3n) is 4.02. The number of nitrogen functional groups attached to an aromatic ring is 1. The average molecular weight is 306 g/mol. The lowest BCUT2D eigenvalue weighted by molar-refractivity contribution is -0.116. The monoisotopic (exact) mass is 306 g/mol. The molecule has 1 saturated heterocycles. The minimum atomic E-state index is 0.0746. The number of carbonyl (C=O) groups excluding carboxylic acids is 1. The van der Waals surface area contributed by atoms with Gasteiger partial charge in [0.25, 0.3) is 0 Å². The zero-order valence-corrected chi connectivity index (χ0v) is 13.0. The molecule has 6 heteroatoms. The molecule has 4 N–H and O–H groups in total. The third kappa shape index (κ3) is 3.63. The summed E-state index contributed by atoms with van der Waals surface area (Å²) in [6.45, 7) is 4.31. The molecule has 1 amide bonds. The summed E-state index contributed by atoms with van der Waals surface area (Å²) >= 11 is 2.03. The Morgan fingerprint density at radius 3 is 2.90 bits per heavy atom. The maximum atomic E-state index is 11.4. The van der Waals surface area contributed by atoms with Gasteiger partial charge < -0.3 is 16.4 Å². The number of thioether (sulfide) groups is 1. The molecule has 2 heterocycles. The second-order valence-electron chi connectivity index (χ2n) is 5.53. The van der Waals surface area contributed by atoms with Crippen molar-refractivity contribution in [2.75, 3.05) is 54.1 Å². The number of benzene rings is 1. The Morgan fingerprint density at radius 2 is 2.10 bits per heavy atom. The van der Waals surface area contributed by atoms with Crippen molar-refractivity contribution in [2.45, 2.75) is 12.8 Å². The normalized spacial score (nSPS) is 19.0. The summed E-state index contributed by atoms with van der Waals surface area (Å²) in [5.74, 6) is 2.55. The fraction of sp³-hybridized carbons (Fsp3) is 0.533. The van der Waals surface area contributed by atoms with Crippen molar-refractivity contribution in [3.63, 3.8) is 0 Å². The quantitative estimate of drug-likeness (QED) is 0.737. The number of hydrogen-bond acceptors (Lipinski definition) is 5. The zero-order chi connectivity index (χ0) is 14.7. The summed E-state index contributed by atoms with van der Waals surface area (Å²) in [5, 5.41) is 6.31. The van der Waals surface area contributed by atoms with E-state index in [1.165, 1.54) is 30.2 Å². The van der Waals surface area contributed by atoms with Gasteiger partial charge in [-0.3, -0.25) is 9.69 Å². The van der Waals surface area contributed by atoms with Crippen molar-refractivity contribution in [3.05, 3.63) is 17.7 Å². The number of fused-ring (bicyclic) bond motifs is 1. The highest BCUT2D eigenvalue weighted by Gasteiger charge is 2.16. The van der Waals surface area contributed by atoms with Crippen LogP contribution in [0.1, 0.15) is 12.0 Å². The van der Waals surface area contributed by atoms with Crippen LogP contribution in [0.4, 0.5) is 17.1 Å². The van der Waals surface area contributed by atoms with Gasteiger partial charge in [0, 0.05) is 49.8 Å². The van der Waals surface area contributed by atoms with Gasteiger partial charge in [-0.2, -0.15) is 11.8 Å². The van der Waals surface area contributed by atoms with Crippen LogP contribution in [-0.4, -0.2) is 48.5 Å². The molecule has 2 aliphatic rings. The van der Waals surface area contributed by atoms with E-state index in [1.807, 2.05) is 17.8 Å². The van der Waals surface area contributed by atoms with Crippen LogP contribution in [0.5, 0.6) is 0 Å². The van der Waals surface area contributed by atoms with E-state index in [9.17, 15) is 4.79 Å². The van der Waals surface area contributed by atoms with Crippen molar-refractivity contribution in [1.82, 2.24) is 4.90 Å². The number of nitrogens with one attached hydrogen (secondary N) is 2. The first-order valence-electron chi connectivity index (χ1n) is 7.48. The minimum Gasteiger partial charge on any atom is -0.397 e. The molecule has 1 aromatic carbocycles. The predicted octanol–water partition coefficient (Wildman–Crippen LogP) is 1.61. The van der Waals surface area contributed by atoms with Gasteiger partial charge in [0.05, 0.1) is 11.4 Å². The Balaban J connectivity index is 1.59. The van der Waals surface area contributed by atoms with Crippen molar-refractivity contribution in [1.29, 1.82) is 0 Å². The molecule has 0 unspecified atom stereocenters. The van der Waals surface area contributed by atoms with Crippen LogP contribution >= 0.6 is 11.8 Å². The molecule has 0 spiro atoms. The first-order valence-corrected chi connectivity index (χ1v) is 8.64. The topological polar surface area (TPSA) is 70.4 Å². The maximum Gasteiger partial charge on any atom is 0.224 e. The van der Waals surface area contributed by atoms with Crippen LogP contribution in [-0.2, 0) is 11.2 Å². The van der Waals surface area contributed by atoms with E-state index in [0.29, 0.717) is 12.1 Å². The van der Waals surface area contributed by atoms with E-state index < -0.39 is 0 Å². The van der Waals surface area contributed by atoms with Gasteiger partial charge >= 0.3 is 0 Å². The first kappa shape index (κ1) is 14.5. The molecule has 21 heavy (non-hydrogen) atoms. The van der Waals surface area contributed by atoms with Crippen LogP contribution in [0.25, 0.3) is 0 Å². The number of amides is 1. The number of hydrogen-bond donors (Lipinski definition) is 3. The molecule has 3 rings (SSSR count). The molecule has 5 nitrogen and oxygen atoms in total. The number of nitrogens with two attached hydrogens (primary N) is 1. The molecule has 0 aromatic heterocycles. The molecular weight excluding hydrogens is 284 g/mol. The van der Waals surface area contributed by atoms with E-state index in [4.69, 9.17) is 5.73 Å². The van der Waals surface area contributed by atoms with E-state index in [1.54, 1.807) is 0 Å². The predicted molar refractivity (Wildman–Crippen MR) is 90.1 cm³/mol. The van der Waals surface area contributed by atoms with Crippen LogP contribution in [0.15, 0.2) is 12.1 Å². The highest BCUT2D eigenvalue weighted by molar-refractivity contribution is 7.99. The Labute approximate surface area is 129 Å². The van der Waals surface area contributed by atoms with Gasteiger partial charge in [0.15, 0.2) is 0 Å². The average Bonchev–Trinajstić information content (AvgIpc) is 2.49. The van der Waals surface area contributed by atoms with Crippen LogP contribution in [0, 0.1) is 0 Å². The maximum absolute atomic E-state index is 11.4. The fourth-order valence-electron chi connectivity index (χ4n) is 2.77. The Hall–Kier alpha value is -1.40. The molecule has 1 aromatic rings. The largest absolute Gasteiger partial charge is 0.397 e. The Morgan fingerprint density at radius 1 is 1.29 bits per heavy atom. The van der Waals surface area contributed by atoms with Crippen LogP contribution < -0.4 is 16.4 Å². The smallest absolute Gasteiger partial charge is 0.224 e. The van der Waals surface area contributed by atoms with E-state index in [0.717, 1.165) is 30.9 Å². The summed E-state index contributed by atoms with van der Waals surface area (Å²) in [4.78, 5) is 13.9. The lowest BCUT2D eigenvalue weighted by Gasteiger charge is -2.26. The molecule has 0 bridgehead atoms. The Bertz CT molecular complexity index is 529. The van der Waals surface area contributed by atoms with Gasteiger partial charge in [-0.05, 0) is 24.1 Å². The molecule has 0 aliphatic carbocycles. The molecule has 1 fully saturated rings. The van der Waals surface area contributed by atoms with Gasteiger partial charge in [-0.1, -0.05) is 0 Å². The van der Waals surface area contributed by atoms with Gasteiger partial charge in [0.2, 0.25) is 5.91 Å². The van der Waals surface area contributed by atoms with Crippen LogP contribution in [0.3, 0.4) is 0 Å². The number of aryl methyl sites for hydroxylation is 1. The molecule has 0 saturated carbocycles. The highest BCUT2D eigenvalue weighted by atomic mass is 32.2. The first-order chi connectivity index (χ1) is 10.2. The molecule has 2 aliphatic heterocycles. The fourth-order valence-corrected chi connectivity index (χ4v) is 3.75. The van der Waals surface area contributed by atoms with Gasteiger partial charge in [-0.25, -0.2) is 0 Å². The van der Waals surface area contributed by atoms with E-state index in [2.05, 4.69) is 21.6 Å². The summed E-state index contributed by atoms with van der Waals surface area (Å²) in [7, 11) is 0. The summed E-state index contributed by atoms with van der Waals surface area (Å²) < 4.78 is 0.